The molecule has 0 saturated carbocycles. The fraction of sp³-hybridized carbons (Fsp3) is 1.00. The van der Waals surface area contributed by atoms with E-state index < -0.39 is 0 Å². The standard InChI is InChI=1S/C24H44N2O3/c1-21(2,3)25-14-8-24(9-15-25)28-19-20(29-24)18-22(4,5)26-12-6-23(7-13-26)10-16-27-17-11-23/h20H,6-19H2,1-5H3. The van der Waals surface area contributed by atoms with Gasteiger partial charge in [0.1, 0.15) is 0 Å². The molecule has 0 aromatic carbocycles. The van der Waals surface area contributed by atoms with Crippen LogP contribution in [0.4, 0.5) is 0 Å². The minimum absolute atomic E-state index is 0.165. The Morgan fingerprint density at radius 1 is 0.793 bits per heavy atom. The molecule has 0 N–H and O–H groups in total. The molecule has 0 bridgehead atoms. The van der Waals surface area contributed by atoms with Crippen molar-refractivity contribution in [2.45, 2.75) is 103 Å². The second-order valence-corrected chi connectivity index (χ2v) is 11.7. The molecule has 0 radical (unpaired) electrons. The molecule has 4 aliphatic rings. The second kappa shape index (κ2) is 8.05. The molecule has 2 spiro atoms. The van der Waals surface area contributed by atoms with E-state index in [9.17, 15) is 0 Å². The third-order valence-electron chi connectivity index (χ3n) is 8.35. The average Bonchev–Trinajstić information content (AvgIpc) is 3.03. The first kappa shape index (κ1) is 22.0. The highest BCUT2D eigenvalue weighted by molar-refractivity contribution is 4.96. The highest BCUT2D eigenvalue weighted by Crippen LogP contribution is 2.43. The van der Waals surface area contributed by atoms with Gasteiger partial charge < -0.3 is 14.2 Å². The van der Waals surface area contributed by atoms with E-state index in [0.717, 1.165) is 52.2 Å². The van der Waals surface area contributed by atoms with Gasteiger partial charge in [0.05, 0.1) is 12.7 Å². The van der Waals surface area contributed by atoms with Gasteiger partial charge in [-0.15, -0.1) is 0 Å². The van der Waals surface area contributed by atoms with Crippen molar-refractivity contribution in [1.29, 1.82) is 0 Å². The Kier molecular flexibility index (Phi) is 6.11. The minimum atomic E-state index is -0.323. The summed E-state index contributed by atoms with van der Waals surface area (Å²) in [7, 11) is 0. The Hall–Kier alpha value is -0.200. The zero-order valence-electron chi connectivity index (χ0n) is 19.6. The Morgan fingerprint density at radius 2 is 1.38 bits per heavy atom. The first-order valence-electron chi connectivity index (χ1n) is 12.0. The van der Waals surface area contributed by atoms with Gasteiger partial charge in [0.15, 0.2) is 5.79 Å². The Balaban J connectivity index is 1.27. The van der Waals surface area contributed by atoms with Gasteiger partial charge in [-0.25, -0.2) is 0 Å². The quantitative estimate of drug-likeness (QED) is 0.704. The number of piperidine rings is 2. The van der Waals surface area contributed by atoms with Crippen LogP contribution < -0.4 is 0 Å². The van der Waals surface area contributed by atoms with Gasteiger partial charge in [0.25, 0.3) is 0 Å². The summed E-state index contributed by atoms with van der Waals surface area (Å²) in [4.78, 5) is 5.27. The maximum atomic E-state index is 6.60. The van der Waals surface area contributed by atoms with Crippen LogP contribution >= 0.6 is 0 Å². The summed E-state index contributed by atoms with van der Waals surface area (Å²) in [6.45, 7) is 19.0. The molecular formula is C24H44N2O3. The predicted octanol–water partition coefficient (Wildman–Crippen LogP) is 4.05. The van der Waals surface area contributed by atoms with Gasteiger partial charge in [-0.1, -0.05) is 0 Å². The number of rotatable bonds is 3. The molecule has 1 unspecified atom stereocenters. The molecule has 168 valence electrons. The van der Waals surface area contributed by atoms with Gasteiger partial charge in [-0.2, -0.15) is 0 Å². The highest BCUT2D eigenvalue weighted by atomic mass is 16.7. The Morgan fingerprint density at radius 3 is 1.97 bits per heavy atom. The SMILES string of the molecule is CC(C)(C)N1CCC2(CC1)OCC(CC(C)(C)N1CCC3(CCOCC3)CC1)O2. The fourth-order valence-corrected chi connectivity index (χ4v) is 6.07. The number of nitrogens with zero attached hydrogens (tertiary/aromatic N) is 2. The Labute approximate surface area is 178 Å². The van der Waals surface area contributed by atoms with Crippen molar-refractivity contribution < 1.29 is 14.2 Å². The van der Waals surface area contributed by atoms with E-state index in [1.54, 1.807) is 0 Å². The van der Waals surface area contributed by atoms with E-state index in [1.165, 1.54) is 38.8 Å². The third kappa shape index (κ3) is 4.85. The Bertz CT molecular complexity index is 547. The van der Waals surface area contributed by atoms with Crippen molar-refractivity contribution >= 4 is 0 Å². The van der Waals surface area contributed by atoms with Crippen LogP contribution in [-0.2, 0) is 14.2 Å². The van der Waals surface area contributed by atoms with Crippen molar-refractivity contribution in [2.75, 3.05) is 46.0 Å². The first-order valence-corrected chi connectivity index (χ1v) is 12.0. The summed E-state index contributed by atoms with van der Waals surface area (Å²) >= 11 is 0. The zero-order valence-corrected chi connectivity index (χ0v) is 19.6. The molecule has 0 aromatic rings. The van der Waals surface area contributed by atoms with Gasteiger partial charge >= 0.3 is 0 Å². The van der Waals surface area contributed by atoms with Crippen LogP contribution in [0.15, 0.2) is 0 Å². The molecule has 29 heavy (non-hydrogen) atoms. The van der Waals surface area contributed by atoms with Crippen LogP contribution in [0.1, 0.15) is 79.6 Å². The zero-order chi connectivity index (χ0) is 20.8. The molecular weight excluding hydrogens is 364 g/mol. The monoisotopic (exact) mass is 408 g/mol. The predicted molar refractivity (Wildman–Crippen MR) is 116 cm³/mol. The van der Waals surface area contributed by atoms with Crippen LogP contribution in [0.3, 0.4) is 0 Å². The van der Waals surface area contributed by atoms with E-state index in [0.29, 0.717) is 5.41 Å². The third-order valence-corrected chi connectivity index (χ3v) is 8.35. The van der Waals surface area contributed by atoms with Crippen molar-refractivity contribution in [2.24, 2.45) is 5.41 Å². The summed E-state index contributed by atoms with van der Waals surface area (Å²) in [5.74, 6) is -0.323. The molecule has 0 aliphatic carbocycles. The fourth-order valence-electron chi connectivity index (χ4n) is 6.07. The molecule has 5 nitrogen and oxygen atoms in total. The van der Waals surface area contributed by atoms with Crippen molar-refractivity contribution in [3.8, 4) is 0 Å². The van der Waals surface area contributed by atoms with Crippen molar-refractivity contribution in [3.05, 3.63) is 0 Å². The summed E-state index contributed by atoms with van der Waals surface area (Å²) in [5, 5.41) is 0. The number of likely N-dealkylation sites (tertiary alicyclic amines) is 2. The molecule has 0 aromatic heterocycles. The summed E-state index contributed by atoms with van der Waals surface area (Å²) in [6.07, 6.45) is 8.45. The lowest BCUT2D eigenvalue weighted by Gasteiger charge is -2.49. The molecule has 0 amide bonds. The lowest BCUT2D eigenvalue weighted by Crippen LogP contribution is -2.53. The maximum Gasteiger partial charge on any atom is 0.171 e. The normalized spacial score (nSPS) is 31.6. The van der Waals surface area contributed by atoms with Crippen molar-refractivity contribution in [1.82, 2.24) is 9.80 Å². The molecule has 4 heterocycles. The molecule has 4 saturated heterocycles. The summed E-state index contributed by atoms with van der Waals surface area (Å²) in [5.41, 5.74) is 0.957. The van der Waals surface area contributed by atoms with Gasteiger partial charge in [-0.05, 0) is 85.2 Å². The minimum Gasteiger partial charge on any atom is -0.381 e. The maximum absolute atomic E-state index is 6.60. The number of hydrogen-bond donors (Lipinski definition) is 0. The van der Waals surface area contributed by atoms with E-state index in [2.05, 4.69) is 44.4 Å². The van der Waals surface area contributed by atoms with Gasteiger partial charge in [-0.3, -0.25) is 9.80 Å². The van der Waals surface area contributed by atoms with E-state index in [1.807, 2.05) is 0 Å². The second-order valence-electron chi connectivity index (χ2n) is 11.7. The van der Waals surface area contributed by atoms with Gasteiger partial charge in [0.2, 0.25) is 0 Å². The molecule has 4 rings (SSSR count). The van der Waals surface area contributed by atoms with Crippen LogP contribution in [0.25, 0.3) is 0 Å². The number of ether oxygens (including phenoxy) is 3. The van der Waals surface area contributed by atoms with Crippen LogP contribution in [0, 0.1) is 5.41 Å². The molecule has 1 atom stereocenters. The van der Waals surface area contributed by atoms with Gasteiger partial charge in [0, 0.05) is 50.2 Å². The topological polar surface area (TPSA) is 34.2 Å². The van der Waals surface area contributed by atoms with Crippen molar-refractivity contribution in [3.63, 3.8) is 0 Å². The largest absolute Gasteiger partial charge is 0.381 e. The lowest BCUT2D eigenvalue weighted by atomic mass is 9.71. The average molecular weight is 409 g/mol. The summed E-state index contributed by atoms with van der Waals surface area (Å²) in [6, 6.07) is 0. The van der Waals surface area contributed by atoms with Crippen LogP contribution in [-0.4, -0.2) is 78.8 Å². The van der Waals surface area contributed by atoms with Crippen LogP contribution in [0.5, 0.6) is 0 Å². The van der Waals surface area contributed by atoms with E-state index in [4.69, 9.17) is 14.2 Å². The first-order chi connectivity index (χ1) is 13.6. The van der Waals surface area contributed by atoms with Crippen LogP contribution in [0.2, 0.25) is 0 Å². The molecule has 5 heteroatoms. The number of hydrogen-bond acceptors (Lipinski definition) is 5. The van der Waals surface area contributed by atoms with E-state index >= 15 is 0 Å². The van der Waals surface area contributed by atoms with E-state index in [-0.39, 0.29) is 23.0 Å². The lowest BCUT2D eigenvalue weighted by molar-refractivity contribution is -0.202. The molecule has 4 aliphatic heterocycles. The smallest absolute Gasteiger partial charge is 0.171 e. The summed E-state index contributed by atoms with van der Waals surface area (Å²) < 4.78 is 18.5. The highest BCUT2D eigenvalue weighted by Gasteiger charge is 2.47. The molecule has 4 fully saturated rings.